The van der Waals surface area contributed by atoms with Crippen molar-refractivity contribution < 1.29 is 23.5 Å². The lowest BCUT2D eigenvalue weighted by Crippen LogP contribution is -2.57. The second-order valence-electron chi connectivity index (χ2n) is 9.56. The monoisotopic (exact) mass is 377 g/mol. The Morgan fingerprint density at radius 2 is 1.88 bits per heavy atom. The molecule has 1 aliphatic rings. The highest BCUT2D eigenvalue weighted by molar-refractivity contribution is 6.74. The lowest BCUT2D eigenvalue weighted by molar-refractivity contribution is -0.0138. The van der Waals surface area contributed by atoms with Crippen LogP contribution < -0.4 is 0 Å². The standard InChI is InChI=1S/C18H36FNO4Si/c1-13(19)15(21)25(8,12-17(2,3)4)24-14-10-9-11-20(14)16(22)23-18(5,6)7/h13-15,21H,9-12H2,1-8H3/t13-,14-,15-,25?/m1/s1. The Morgan fingerprint density at radius 1 is 1.32 bits per heavy atom. The summed E-state index contributed by atoms with van der Waals surface area (Å²) < 4.78 is 25.7. The first-order valence-electron chi connectivity index (χ1n) is 9.14. The second kappa shape index (κ2) is 7.92. The van der Waals surface area contributed by atoms with Crippen LogP contribution in [0, 0.1) is 5.41 Å². The van der Waals surface area contributed by atoms with Crippen molar-refractivity contribution in [1.29, 1.82) is 0 Å². The minimum atomic E-state index is -2.83. The van der Waals surface area contributed by atoms with Gasteiger partial charge >= 0.3 is 6.09 Å². The highest BCUT2D eigenvalue weighted by Crippen LogP contribution is 2.35. The number of rotatable bonds is 5. The van der Waals surface area contributed by atoms with Crippen LogP contribution in [-0.4, -0.2) is 54.7 Å². The van der Waals surface area contributed by atoms with E-state index in [1.54, 1.807) is 4.90 Å². The van der Waals surface area contributed by atoms with Crippen LogP contribution in [0.4, 0.5) is 9.18 Å². The normalized spacial score (nSPS) is 23.9. The molecule has 1 unspecified atom stereocenters. The highest BCUT2D eigenvalue weighted by Gasteiger charge is 2.47. The summed E-state index contributed by atoms with van der Waals surface area (Å²) in [7, 11) is -2.83. The summed E-state index contributed by atoms with van der Waals surface area (Å²) in [6, 6.07) is 0.605. The number of nitrogens with zero attached hydrogens (tertiary/aromatic N) is 1. The second-order valence-corrected chi connectivity index (χ2v) is 13.4. The number of carbonyl (C=O) groups excluding carboxylic acids is 1. The zero-order valence-electron chi connectivity index (χ0n) is 17.1. The molecule has 1 aliphatic heterocycles. The maximum absolute atomic E-state index is 13.9. The molecule has 0 radical (unpaired) electrons. The fourth-order valence-electron chi connectivity index (χ4n) is 3.45. The number of alkyl halides is 1. The SMILES string of the molecule is C[C@@H](F)[C@H](O)[Si](C)(CC(C)(C)C)O[C@@H]1CCCN1C(=O)OC(C)(C)C. The first-order chi connectivity index (χ1) is 11.1. The maximum Gasteiger partial charge on any atom is 0.412 e. The van der Waals surface area contributed by atoms with Gasteiger partial charge in [0.15, 0.2) is 0 Å². The minimum Gasteiger partial charge on any atom is -0.444 e. The number of hydrogen-bond donors (Lipinski definition) is 1. The summed E-state index contributed by atoms with van der Waals surface area (Å²) >= 11 is 0. The van der Waals surface area contributed by atoms with E-state index >= 15 is 0 Å². The van der Waals surface area contributed by atoms with Crippen molar-refractivity contribution in [2.45, 2.75) is 97.6 Å². The van der Waals surface area contributed by atoms with Crippen molar-refractivity contribution in [2.24, 2.45) is 5.41 Å². The van der Waals surface area contributed by atoms with Crippen LogP contribution in [0.25, 0.3) is 0 Å². The molecule has 0 saturated carbocycles. The van der Waals surface area contributed by atoms with E-state index in [2.05, 4.69) is 20.8 Å². The number of aliphatic hydroxyl groups is 1. The Balaban J connectivity index is 2.96. The zero-order valence-corrected chi connectivity index (χ0v) is 18.1. The number of likely N-dealkylation sites (tertiary alicyclic amines) is 1. The van der Waals surface area contributed by atoms with E-state index in [1.165, 1.54) is 6.92 Å². The topological polar surface area (TPSA) is 59.0 Å². The number of aliphatic hydroxyl groups excluding tert-OH is 1. The van der Waals surface area contributed by atoms with Gasteiger partial charge in [-0.1, -0.05) is 20.8 Å². The van der Waals surface area contributed by atoms with E-state index in [4.69, 9.17) is 9.16 Å². The van der Waals surface area contributed by atoms with Gasteiger partial charge in [0.1, 0.15) is 23.7 Å². The van der Waals surface area contributed by atoms with E-state index in [-0.39, 0.29) is 5.41 Å². The summed E-state index contributed by atoms with van der Waals surface area (Å²) in [5.74, 6) is 0. The van der Waals surface area contributed by atoms with Crippen LogP contribution in [0.5, 0.6) is 0 Å². The smallest absolute Gasteiger partial charge is 0.412 e. The Bertz CT molecular complexity index is 461. The van der Waals surface area contributed by atoms with Crippen molar-refractivity contribution in [3.05, 3.63) is 0 Å². The van der Waals surface area contributed by atoms with Crippen LogP contribution in [0.2, 0.25) is 12.6 Å². The van der Waals surface area contributed by atoms with Gasteiger partial charge in [-0.25, -0.2) is 9.18 Å². The van der Waals surface area contributed by atoms with Crippen molar-refractivity contribution >= 4 is 14.4 Å². The van der Waals surface area contributed by atoms with Gasteiger partial charge in [-0.2, -0.15) is 0 Å². The molecule has 0 aromatic rings. The Kier molecular flexibility index (Phi) is 7.09. The van der Waals surface area contributed by atoms with E-state index in [1.807, 2.05) is 27.3 Å². The van der Waals surface area contributed by atoms with Crippen molar-refractivity contribution in [3.8, 4) is 0 Å². The summed E-state index contributed by atoms with van der Waals surface area (Å²) in [6.45, 7) is 15.4. The Morgan fingerprint density at radius 3 is 2.32 bits per heavy atom. The maximum atomic E-state index is 13.9. The number of halogens is 1. The lowest BCUT2D eigenvalue weighted by atomic mass is 10.0. The molecule has 1 fully saturated rings. The van der Waals surface area contributed by atoms with Gasteiger partial charge in [0.05, 0.1) is 0 Å². The minimum absolute atomic E-state index is 0.105. The summed E-state index contributed by atoms with van der Waals surface area (Å²) in [5, 5.41) is 10.5. The van der Waals surface area contributed by atoms with E-state index in [0.717, 1.165) is 6.42 Å². The molecule has 1 heterocycles. The summed E-state index contributed by atoms with van der Waals surface area (Å²) in [4.78, 5) is 14.0. The van der Waals surface area contributed by atoms with E-state index in [9.17, 15) is 14.3 Å². The molecule has 5 nitrogen and oxygen atoms in total. The third-order valence-electron chi connectivity index (χ3n) is 4.17. The van der Waals surface area contributed by atoms with Crippen LogP contribution in [0.1, 0.15) is 61.3 Å². The lowest BCUT2D eigenvalue weighted by Gasteiger charge is -2.41. The van der Waals surface area contributed by atoms with Crippen molar-refractivity contribution in [3.63, 3.8) is 0 Å². The highest BCUT2D eigenvalue weighted by atomic mass is 28.4. The molecule has 0 aliphatic carbocycles. The van der Waals surface area contributed by atoms with Gasteiger partial charge < -0.3 is 14.3 Å². The molecule has 0 bridgehead atoms. The predicted octanol–water partition coefficient (Wildman–Crippen LogP) is 4.24. The molecule has 7 heteroatoms. The summed E-state index contributed by atoms with van der Waals surface area (Å²) in [5.41, 5.74) is -1.82. The average Bonchev–Trinajstić information content (AvgIpc) is 2.81. The molecular formula is C18H36FNO4Si. The summed E-state index contributed by atoms with van der Waals surface area (Å²) in [6.07, 6.45) is -0.743. The van der Waals surface area contributed by atoms with Gasteiger partial charge in [-0.05, 0) is 58.5 Å². The van der Waals surface area contributed by atoms with Crippen molar-refractivity contribution in [1.82, 2.24) is 4.90 Å². The number of hydrogen-bond acceptors (Lipinski definition) is 4. The molecule has 1 saturated heterocycles. The first-order valence-corrected chi connectivity index (χ1v) is 11.8. The number of amides is 1. The fraction of sp³-hybridized carbons (Fsp3) is 0.944. The van der Waals surface area contributed by atoms with Gasteiger partial charge in [-0.3, -0.25) is 4.90 Å². The Hall–Kier alpha value is -0.663. The molecule has 25 heavy (non-hydrogen) atoms. The number of ether oxygens (including phenoxy) is 1. The number of carbonyl (C=O) groups is 1. The Labute approximate surface area is 153 Å². The van der Waals surface area contributed by atoms with Gasteiger partial charge in [0.25, 0.3) is 0 Å². The first kappa shape index (κ1) is 22.4. The molecule has 1 N–H and O–H groups in total. The van der Waals surface area contributed by atoms with E-state index in [0.29, 0.717) is 19.0 Å². The molecule has 1 amide bonds. The molecule has 0 aromatic carbocycles. The third kappa shape index (κ3) is 6.87. The molecule has 1 rings (SSSR count). The molecular weight excluding hydrogens is 341 g/mol. The zero-order chi connectivity index (χ0) is 19.6. The van der Waals surface area contributed by atoms with Crippen molar-refractivity contribution in [2.75, 3.05) is 6.54 Å². The van der Waals surface area contributed by atoms with Crippen LogP contribution >= 0.6 is 0 Å². The van der Waals surface area contributed by atoms with Crippen LogP contribution in [0.15, 0.2) is 0 Å². The van der Waals surface area contributed by atoms with Crippen LogP contribution in [0.3, 0.4) is 0 Å². The molecule has 4 atom stereocenters. The van der Waals surface area contributed by atoms with Crippen LogP contribution in [-0.2, 0) is 9.16 Å². The quantitative estimate of drug-likeness (QED) is 0.728. The molecule has 0 aromatic heterocycles. The van der Waals surface area contributed by atoms with Gasteiger partial charge in [0.2, 0.25) is 8.32 Å². The fourth-order valence-corrected chi connectivity index (χ4v) is 7.83. The third-order valence-corrected chi connectivity index (χ3v) is 8.46. The molecule has 0 spiro atoms. The largest absolute Gasteiger partial charge is 0.444 e. The predicted molar refractivity (Wildman–Crippen MR) is 99.5 cm³/mol. The average molecular weight is 378 g/mol. The van der Waals surface area contributed by atoms with E-state index < -0.39 is 38.1 Å². The molecule has 148 valence electrons. The van der Waals surface area contributed by atoms with Gasteiger partial charge in [0, 0.05) is 6.54 Å². The van der Waals surface area contributed by atoms with Gasteiger partial charge in [-0.15, -0.1) is 0 Å².